The number of carbonyl (C=O) groups excluding carboxylic acids is 2. The molecule has 1 unspecified atom stereocenters. The Kier molecular flexibility index (Phi) is 6.55. The van der Waals surface area contributed by atoms with Gasteiger partial charge in [0.15, 0.2) is 0 Å². The fraction of sp³-hybridized carbons (Fsp3) is 0.259. The molecule has 0 fully saturated rings. The van der Waals surface area contributed by atoms with Crippen LogP contribution in [0.4, 0.5) is 11.4 Å². The van der Waals surface area contributed by atoms with Crippen LogP contribution in [0.1, 0.15) is 52.9 Å². The maximum absolute atomic E-state index is 13.0. The summed E-state index contributed by atoms with van der Waals surface area (Å²) >= 11 is 0. The van der Waals surface area contributed by atoms with Crippen LogP contribution in [0.5, 0.6) is 0 Å². The Hall–Kier alpha value is -3.60. The standard InChI is InChI=1S/C27H29N3O2/c1-2-30(26(31)17-12-19-8-4-3-5-9-19)25-16-14-20-18-21(13-15-22(20)25)27(32)29-24-11-7-6-10-23(24)28/h3-11,13,15,18,25H,2,12,14,16-17,28H2,1H3,(H,29,32). The van der Waals surface area contributed by atoms with Crippen LogP contribution in [0.2, 0.25) is 0 Å². The molecule has 3 aromatic rings. The second kappa shape index (κ2) is 9.69. The van der Waals surface area contributed by atoms with Gasteiger partial charge in [0.05, 0.1) is 17.4 Å². The van der Waals surface area contributed by atoms with Crippen LogP contribution in [-0.4, -0.2) is 23.3 Å². The topological polar surface area (TPSA) is 75.4 Å². The molecule has 0 aliphatic heterocycles. The summed E-state index contributed by atoms with van der Waals surface area (Å²) in [6, 6.07) is 23.2. The fourth-order valence-corrected chi connectivity index (χ4v) is 4.48. The lowest BCUT2D eigenvalue weighted by molar-refractivity contribution is -0.133. The van der Waals surface area contributed by atoms with Gasteiger partial charge in [-0.05, 0) is 67.1 Å². The Morgan fingerprint density at radius 1 is 1.03 bits per heavy atom. The lowest BCUT2D eigenvalue weighted by Crippen LogP contribution is -2.34. The molecule has 0 aromatic heterocycles. The molecule has 0 saturated carbocycles. The Labute approximate surface area is 189 Å². The second-order valence-electron chi connectivity index (χ2n) is 8.17. The number of anilines is 2. The highest BCUT2D eigenvalue weighted by atomic mass is 16.2. The van der Waals surface area contributed by atoms with Gasteiger partial charge in [-0.3, -0.25) is 9.59 Å². The third kappa shape index (κ3) is 4.67. The first-order chi connectivity index (χ1) is 15.6. The van der Waals surface area contributed by atoms with E-state index in [9.17, 15) is 9.59 Å². The van der Waals surface area contributed by atoms with Crippen LogP contribution in [0.25, 0.3) is 0 Å². The van der Waals surface area contributed by atoms with Crippen molar-refractivity contribution in [2.45, 2.75) is 38.6 Å². The summed E-state index contributed by atoms with van der Waals surface area (Å²) in [5, 5.41) is 2.88. The van der Waals surface area contributed by atoms with E-state index in [0.717, 1.165) is 30.4 Å². The maximum Gasteiger partial charge on any atom is 0.255 e. The predicted molar refractivity (Wildman–Crippen MR) is 128 cm³/mol. The lowest BCUT2D eigenvalue weighted by atomic mass is 10.0. The van der Waals surface area contributed by atoms with Crippen molar-refractivity contribution in [2.24, 2.45) is 0 Å². The number of nitrogens with one attached hydrogen (secondary N) is 1. The summed E-state index contributed by atoms with van der Waals surface area (Å²) < 4.78 is 0. The number of hydrogen-bond donors (Lipinski definition) is 2. The predicted octanol–water partition coefficient (Wildman–Crippen LogP) is 4.99. The summed E-state index contributed by atoms with van der Waals surface area (Å²) in [5.74, 6) is -0.00369. The van der Waals surface area contributed by atoms with E-state index in [1.54, 1.807) is 12.1 Å². The molecule has 5 heteroatoms. The van der Waals surface area contributed by atoms with Gasteiger partial charge in [0.2, 0.25) is 5.91 Å². The molecule has 1 aliphatic rings. The molecule has 0 saturated heterocycles. The molecule has 32 heavy (non-hydrogen) atoms. The van der Waals surface area contributed by atoms with Crippen LogP contribution in [0, 0.1) is 0 Å². The molecule has 1 atom stereocenters. The second-order valence-corrected chi connectivity index (χ2v) is 8.17. The molecule has 0 bridgehead atoms. The Morgan fingerprint density at radius 3 is 2.53 bits per heavy atom. The Morgan fingerprint density at radius 2 is 1.78 bits per heavy atom. The van der Waals surface area contributed by atoms with E-state index in [-0.39, 0.29) is 17.9 Å². The lowest BCUT2D eigenvalue weighted by Gasteiger charge is -2.29. The molecule has 2 amide bonds. The smallest absolute Gasteiger partial charge is 0.255 e. The summed E-state index contributed by atoms with van der Waals surface area (Å²) in [6.07, 6.45) is 2.99. The minimum absolute atomic E-state index is 0.0696. The number of para-hydroxylation sites is 2. The number of amides is 2. The highest BCUT2D eigenvalue weighted by Gasteiger charge is 2.30. The summed E-state index contributed by atoms with van der Waals surface area (Å²) in [6.45, 7) is 2.71. The Balaban J connectivity index is 1.45. The third-order valence-electron chi connectivity index (χ3n) is 6.17. The van der Waals surface area contributed by atoms with Crippen molar-refractivity contribution in [3.05, 3.63) is 95.1 Å². The average molecular weight is 428 g/mol. The number of benzene rings is 3. The molecule has 3 aromatic carbocycles. The van der Waals surface area contributed by atoms with E-state index in [0.29, 0.717) is 29.9 Å². The normalized spacial score (nSPS) is 14.6. The molecule has 3 N–H and O–H groups in total. The molecule has 5 nitrogen and oxygen atoms in total. The van der Waals surface area contributed by atoms with Crippen molar-refractivity contribution in [1.29, 1.82) is 0 Å². The van der Waals surface area contributed by atoms with Crippen LogP contribution in [0.3, 0.4) is 0 Å². The summed E-state index contributed by atoms with van der Waals surface area (Å²) in [4.78, 5) is 27.7. The molecule has 0 radical (unpaired) electrons. The highest BCUT2D eigenvalue weighted by Crippen LogP contribution is 2.36. The maximum atomic E-state index is 13.0. The van der Waals surface area contributed by atoms with Crippen LogP contribution in [-0.2, 0) is 17.6 Å². The quantitative estimate of drug-likeness (QED) is 0.522. The van der Waals surface area contributed by atoms with Crippen LogP contribution < -0.4 is 11.1 Å². The van der Waals surface area contributed by atoms with Gasteiger partial charge in [-0.2, -0.15) is 0 Å². The monoisotopic (exact) mass is 427 g/mol. The fourth-order valence-electron chi connectivity index (χ4n) is 4.48. The number of hydrogen-bond acceptors (Lipinski definition) is 3. The van der Waals surface area contributed by atoms with Gasteiger partial charge < -0.3 is 16.0 Å². The van der Waals surface area contributed by atoms with Crippen molar-refractivity contribution in [3.8, 4) is 0 Å². The third-order valence-corrected chi connectivity index (χ3v) is 6.17. The van der Waals surface area contributed by atoms with Gasteiger partial charge in [0, 0.05) is 18.5 Å². The molecule has 0 heterocycles. The zero-order valence-corrected chi connectivity index (χ0v) is 18.4. The minimum atomic E-state index is -0.180. The van der Waals surface area contributed by atoms with E-state index >= 15 is 0 Å². The number of nitrogens with zero attached hydrogens (tertiary/aromatic N) is 1. The van der Waals surface area contributed by atoms with E-state index in [2.05, 4.69) is 17.4 Å². The number of carbonyl (C=O) groups is 2. The summed E-state index contributed by atoms with van der Waals surface area (Å²) in [7, 11) is 0. The van der Waals surface area contributed by atoms with Crippen LogP contribution >= 0.6 is 0 Å². The van der Waals surface area contributed by atoms with Gasteiger partial charge in [0.1, 0.15) is 0 Å². The van der Waals surface area contributed by atoms with Gasteiger partial charge in [-0.1, -0.05) is 48.5 Å². The van der Waals surface area contributed by atoms with Crippen LogP contribution in [0.15, 0.2) is 72.8 Å². The molecule has 0 spiro atoms. The Bertz CT molecular complexity index is 1110. The molecule has 4 rings (SSSR count). The van der Waals surface area contributed by atoms with Gasteiger partial charge >= 0.3 is 0 Å². The number of nitrogens with two attached hydrogens (primary N) is 1. The first-order valence-electron chi connectivity index (χ1n) is 11.2. The number of rotatable bonds is 7. The van der Waals surface area contributed by atoms with Crippen molar-refractivity contribution in [1.82, 2.24) is 4.90 Å². The largest absolute Gasteiger partial charge is 0.397 e. The molecule has 1 aliphatic carbocycles. The minimum Gasteiger partial charge on any atom is -0.397 e. The van der Waals surface area contributed by atoms with Crippen molar-refractivity contribution in [3.63, 3.8) is 0 Å². The van der Waals surface area contributed by atoms with E-state index in [1.165, 1.54) is 5.56 Å². The molecular weight excluding hydrogens is 398 g/mol. The summed E-state index contributed by atoms with van der Waals surface area (Å²) in [5.41, 5.74) is 11.2. The van der Waals surface area contributed by atoms with Crippen molar-refractivity contribution in [2.75, 3.05) is 17.6 Å². The zero-order chi connectivity index (χ0) is 22.5. The van der Waals surface area contributed by atoms with Gasteiger partial charge in [0.25, 0.3) is 5.91 Å². The van der Waals surface area contributed by atoms with E-state index in [1.807, 2.05) is 60.4 Å². The van der Waals surface area contributed by atoms with Gasteiger partial charge in [-0.15, -0.1) is 0 Å². The van der Waals surface area contributed by atoms with Crippen molar-refractivity contribution < 1.29 is 9.59 Å². The first kappa shape index (κ1) is 21.6. The van der Waals surface area contributed by atoms with E-state index < -0.39 is 0 Å². The first-order valence-corrected chi connectivity index (χ1v) is 11.2. The van der Waals surface area contributed by atoms with Gasteiger partial charge in [-0.25, -0.2) is 0 Å². The number of nitrogen functional groups attached to an aromatic ring is 1. The van der Waals surface area contributed by atoms with Crippen molar-refractivity contribution >= 4 is 23.2 Å². The number of fused-ring (bicyclic) bond motifs is 1. The zero-order valence-electron chi connectivity index (χ0n) is 18.4. The molecule has 164 valence electrons. The highest BCUT2D eigenvalue weighted by molar-refractivity contribution is 6.05. The average Bonchev–Trinajstić information content (AvgIpc) is 3.23. The SMILES string of the molecule is CCN(C(=O)CCc1ccccc1)C1CCc2cc(C(=O)Nc3ccccc3N)ccc21. The van der Waals surface area contributed by atoms with E-state index in [4.69, 9.17) is 5.73 Å². The number of aryl methyl sites for hydroxylation is 2. The molecular formula is C27H29N3O2.